The van der Waals surface area contributed by atoms with Crippen LogP contribution in [-0.2, 0) is 14.2 Å². The van der Waals surface area contributed by atoms with Gasteiger partial charge in [0.2, 0.25) is 0 Å². The van der Waals surface area contributed by atoms with E-state index in [9.17, 15) is 10.2 Å². The van der Waals surface area contributed by atoms with E-state index in [0.717, 1.165) is 25.9 Å². The van der Waals surface area contributed by atoms with Crippen LogP contribution in [-0.4, -0.2) is 54.6 Å². The van der Waals surface area contributed by atoms with Gasteiger partial charge in [-0.1, -0.05) is 13.3 Å². The zero-order valence-corrected chi connectivity index (χ0v) is 12.9. The van der Waals surface area contributed by atoms with E-state index in [-0.39, 0.29) is 5.92 Å². The number of unbranched alkanes of at least 4 members (excludes halogenated alkanes) is 1. The van der Waals surface area contributed by atoms with Crippen molar-refractivity contribution in [3.05, 3.63) is 0 Å². The van der Waals surface area contributed by atoms with E-state index in [2.05, 4.69) is 6.92 Å². The fraction of sp³-hybridized carbons (Fsp3) is 1.00. The first kappa shape index (κ1) is 15.7. The second-order valence-corrected chi connectivity index (χ2v) is 6.78. The average molecular weight is 300 g/mol. The molecule has 2 saturated carbocycles. The van der Waals surface area contributed by atoms with Crippen molar-refractivity contribution in [3.63, 3.8) is 0 Å². The Balaban J connectivity index is 1.69. The summed E-state index contributed by atoms with van der Waals surface area (Å²) in [5.74, 6) is 0.319. The summed E-state index contributed by atoms with van der Waals surface area (Å²) in [7, 11) is 0. The first-order valence-electron chi connectivity index (χ1n) is 8.38. The van der Waals surface area contributed by atoms with Crippen molar-refractivity contribution in [2.75, 3.05) is 26.4 Å². The second-order valence-electron chi connectivity index (χ2n) is 6.78. The van der Waals surface area contributed by atoms with Crippen molar-refractivity contribution in [1.29, 1.82) is 0 Å². The van der Waals surface area contributed by atoms with Gasteiger partial charge in [-0.3, -0.25) is 0 Å². The molecule has 2 N–H and O–H groups in total. The normalized spacial score (nSPS) is 41.6. The smallest absolute Gasteiger partial charge is 0.174 e. The topological polar surface area (TPSA) is 68.2 Å². The monoisotopic (exact) mass is 300 g/mol. The van der Waals surface area contributed by atoms with Crippen LogP contribution < -0.4 is 0 Å². The van der Waals surface area contributed by atoms with Crippen molar-refractivity contribution in [3.8, 4) is 0 Å². The van der Waals surface area contributed by atoms with Gasteiger partial charge < -0.3 is 24.4 Å². The fourth-order valence-electron chi connectivity index (χ4n) is 4.35. The maximum atomic E-state index is 10.0. The van der Waals surface area contributed by atoms with Gasteiger partial charge in [-0.05, 0) is 31.1 Å². The number of aliphatic hydroxyl groups is 2. The number of aliphatic hydroxyl groups excluding tert-OH is 2. The van der Waals surface area contributed by atoms with Gasteiger partial charge in [0.15, 0.2) is 5.79 Å². The van der Waals surface area contributed by atoms with Gasteiger partial charge in [-0.15, -0.1) is 0 Å². The van der Waals surface area contributed by atoms with Crippen LogP contribution in [0.25, 0.3) is 0 Å². The lowest BCUT2D eigenvalue weighted by molar-refractivity contribution is -0.198. The molecular formula is C16H28O5. The predicted octanol–water partition coefficient (Wildman–Crippen LogP) is 1.31. The second kappa shape index (κ2) is 6.50. The Labute approximate surface area is 126 Å². The Bertz CT molecular complexity index is 342. The van der Waals surface area contributed by atoms with Crippen LogP contribution in [0.3, 0.4) is 0 Å². The van der Waals surface area contributed by atoms with Crippen molar-refractivity contribution in [1.82, 2.24) is 0 Å². The third-order valence-corrected chi connectivity index (χ3v) is 5.45. The van der Waals surface area contributed by atoms with E-state index in [1.807, 2.05) is 0 Å². The molecule has 1 heterocycles. The molecule has 0 amide bonds. The number of hydrogen-bond donors (Lipinski definition) is 2. The van der Waals surface area contributed by atoms with Crippen molar-refractivity contribution in [2.45, 2.75) is 57.0 Å². The van der Waals surface area contributed by atoms with E-state index in [1.54, 1.807) is 0 Å². The van der Waals surface area contributed by atoms with Crippen molar-refractivity contribution < 1.29 is 24.4 Å². The minimum absolute atomic E-state index is 0.170. The van der Waals surface area contributed by atoms with Gasteiger partial charge in [-0.2, -0.15) is 0 Å². The maximum absolute atomic E-state index is 10.0. The number of ether oxygens (including phenoxy) is 3. The van der Waals surface area contributed by atoms with Crippen LogP contribution in [0.5, 0.6) is 0 Å². The van der Waals surface area contributed by atoms with Gasteiger partial charge in [0.1, 0.15) is 0 Å². The molecule has 3 fully saturated rings. The largest absolute Gasteiger partial charge is 0.390 e. The summed E-state index contributed by atoms with van der Waals surface area (Å²) < 4.78 is 17.8. The van der Waals surface area contributed by atoms with E-state index in [4.69, 9.17) is 14.2 Å². The highest BCUT2D eigenvalue weighted by Crippen LogP contribution is 2.54. The highest BCUT2D eigenvalue weighted by Gasteiger charge is 2.59. The summed E-state index contributed by atoms with van der Waals surface area (Å²) in [4.78, 5) is 0. The molecule has 0 bridgehead atoms. The molecule has 5 heteroatoms. The van der Waals surface area contributed by atoms with Crippen LogP contribution in [0, 0.1) is 17.8 Å². The standard InChI is InChI=1S/C16H28O5/c1-2-3-4-19-10-13-12-8-15(18)14(17)7-11(12)9-16(13)20-5-6-21-16/h11-15,17-18H,2-10H2,1H3/t11-,12+,13-,14-,15-/m0/s1. The third kappa shape index (κ3) is 2.99. The Kier molecular flexibility index (Phi) is 4.86. The van der Waals surface area contributed by atoms with Gasteiger partial charge in [0.25, 0.3) is 0 Å². The van der Waals surface area contributed by atoms with Crippen LogP contribution >= 0.6 is 0 Å². The highest BCUT2D eigenvalue weighted by molar-refractivity contribution is 5.03. The lowest BCUT2D eigenvalue weighted by atomic mass is 9.75. The number of fused-ring (bicyclic) bond motifs is 1. The van der Waals surface area contributed by atoms with Gasteiger partial charge in [0.05, 0.1) is 32.0 Å². The first-order chi connectivity index (χ1) is 10.2. The summed E-state index contributed by atoms with van der Waals surface area (Å²) in [6, 6.07) is 0. The Morgan fingerprint density at radius 3 is 2.57 bits per heavy atom. The zero-order chi connectivity index (χ0) is 14.9. The summed E-state index contributed by atoms with van der Waals surface area (Å²) in [6.07, 6.45) is 3.05. The summed E-state index contributed by atoms with van der Waals surface area (Å²) in [6.45, 7) is 4.82. The minimum Gasteiger partial charge on any atom is -0.390 e. The molecule has 1 saturated heterocycles. The lowest BCUT2D eigenvalue weighted by Gasteiger charge is -2.36. The van der Waals surface area contributed by atoms with Gasteiger partial charge in [-0.25, -0.2) is 0 Å². The summed E-state index contributed by atoms with van der Waals surface area (Å²) >= 11 is 0. The number of hydrogen-bond acceptors (Lipinski definition) is 5. The lowest BCUT2D eigenvalue weighted by Crippen LogP contribution is -2.42. The van der Waals surface area contributed by atoms with Crippen LogP contribution in [0.1, 0.15) is 39.0 Å². The molecule has 2 aliphatic carbocycles. The minimum atomic E-state index is -0.624. The molecule has 0 aromatic carbocycles. The average Bonchev–Trinajstić information content (AvgIpc) is 3.03. The first-order valence-corrected chi connectivity index (χ1v) is 8.38. The maximum Gasteiger partial charge on any atom is 0.174 e. The fourth-order valence-corrected chi connectivity index (χ4v) is 4.35. The van der Waals surface area contributed by atoms with E-state index in [1.165, 1.54) is 0 Å². The molecule has 1 aliphatic heterocycles. The SMILES string of the molecule is CCCCOC[C@H]1[C@@H]2C[C@H](O)[C@@H](O)C[C@H]2CC12OCCO2. The molecule has 0 radical (unpaired) electrons. The Morgan fingerprint density at radius 2 is 1.86 bits per heavy atom. The Morgan fingerprint density at radius 1 is 1.14 bits per heavy atom. The van der Waals surface area contributed by atoms with E-state index in [0.29, 0.717) is 44.5 Å². The molecular weight excluding hydrogens is 272 g/mol. The molecule has 0 aromatic rings. The van der Waals surface area contributed by atoms with Crippen molar-refractivity contribution in [2.24, 2.45) is 17.8 Å². The molecule has 1 spiro atoms. The van der Waals surface area contributed by atoms with Gasteiger partial charge >= 0.3 is 0 Å². The van der Waals surface area contributed by atoms with Crippen LogP contribution in [0.15, 0.2) is 0 Å². The number of rotatable bonds is 5. The summed E-state index contributed by atoms with van der Waals surface area (Å²) in [5.41, 5.74) is 0. The van der Waals surface area contributed by atoms with Crippen LogP contribution in [0.4, 0.5) is 0 Å². The Hall–Kier alpha value is -0.200. The molecule has 21 heavy (non-hydrogen) atoms. The summed E-state index contributed by atoms with van der Waals surface area (Å²) in [5, 5.41) is 19.9. The van der Waals surface area contributed by atoms with Crippen molar-refractivity contribution >= 4 is 0 Å². The molecule has 5 nitrogen and oxygen atoms in total. The predicted molar refractivity (Wildman–Crippen MR) is 76.7 cm³/mol. The van der Waals surface area contributed by atoms with E-state index < -0.39 is 18.0 Å². The third-order valence-electron chi connectivity index (χ3n) is 5.45. The van der Waals surface area contributed by atoms with Crippen LogP contribution in [0.2, 0.25) is 0 Å². The quantitative estimate of drug-likeness (QED) is 0.749. The molecule has 5 atom stereocenters. The highest BCUT2D eigenvalue weighted by atomic mass is 16.7. The molecule has 3 rings (SSSR count). The molecule has 0 unspecified atom stereocenters. The van der Waals surface area contributed by atoms with E-state index >= 15 is 0 Å². The molecule has 0 aromatic heterocycles. The van der Waals surface area contributed by atoms with Gasteiger partial charge in [0, 0.05) is 18.9 Å². The molecule has 3 aliphatic rings. The zero-order valence-electron chi connectivity index (χ0n) is 12.9. The molecule has 122 valence electrons.